The minimum absolute atomic E-state index is 0.172. The third-order valence-electron chi connectivity index (χ3n) is 2.11. The number of halogens is 3. The van der Waals surface area contributed by atoms with Crippen molar-refractivity contribution >= 4 is 17.4 Å². The maximum atomic E-state index is 12.0. The van der Waals surface area contributed by atoms with Crippen molar-refractivity contribution in [2.45, 2.75) is 12.7 Å². The van der Waals surface area contributed by atoms with E-state index in [0.29, 0.717) is 0 Å². The molecule has 0 fully saturated rings. The maximum absolute atomic E-state index is 12.0. The minimum atomic E-state index is -4.52. The number of rotatable bonds is 6. The number of methoxy groups -OCH3 is 1. The number of hydrogen-bond acceptors (Lipinski definition) is 4. The zero-order valence-corrected chi connectivity index (χ0v) is 11.1. The van der Waals surface area contributed by atoms with Gasteiger partial charge in [0, 0.05) is 18.5 Å². The summed E-state index contributed by atoms with van der Waals surface area (Å²) in [6.07, 6.45) is -5.52. The van der Waals surface area contributed by atoms with Crippen LogP contribution < -0.4 is 0 Å². The molecule has 0 N–H and O–H groups in total. The van der Waals surface area contributed by atoms with Crippen LogP contribution in [0.2, 0.25) is 0 Å². The molecule has 1 aromatic heterocycles. The van der Waals surface area contributed by atoms with Crippen molar-refractivity contribution < 1.29 is 27.4 Å². The summed E-state index contributed by atoms with van der Waals surface area (Å²) in [6.45, 7) is -0.977. The Morgan fingerprint density at radius 3 is 2.74 bits per heavy atom. The number of carbonyl (C=O) groups is 1. The molecule has 0 radical (unpaired) electrons. The lowest BCUT2D eigenvalue weighted by Gasteiger charge is -2.21. The zero-order valence-electron chi connectivity index (χ0n) is 10.3. The molecule has 1 amide bonds. The zero-order chi connectivity index (χ0) is 14.3. The van der Waals surface area contributed by atoms with Crippen molar-refractivity contribution in [2.75, 3.05) is 26.9 Å². The van der Waals surface area contributed by atoms with Gasteiger partial charge in [-0.05, 0) is 11.4 Å². The second kappa shape index (κ2) is 7.34. The molecule has 0 atom stereocenters. The van der Waals surface area contributed by atoms with E-state index in [1.54, 1.807) is 12.1 Å². The average molecular weight is 297 g/mol. The highest BCUT2D eigenvalue weighted by Crippen LogP contribution is 2.16. The molecule has 4 nitrogen and oxygen atoms in total. The first-order valence-corrected chi connectivity index (χ1v) is 6.30. The molecule has 19 heavy (non-hydrogen) atoms. The highest BCUT2D eigenvalue weighted by molar-refractivity contribution is 7.09. The van der Waals surface area contributed by atoms with Gasteiger partial charge in [-0.15, -0.1) is 11.3 Å². The molecular weight excluding hydrogens is 283 g/mol. The summed E-state index contributed by atoms with van der Waals surface area (Å²) in [7, 11) is 1.45. The van der Waals surface area contributed by atoms with E-state index in [9.17, 15) is 18.0 Å². The van der Waals surface area contributed by atoms with Gasteiger partial charge < -0.3 is 14.4 Å². The molecule has 0 aromatic carbocycles. The topological polar surface area (TPSA) is 38.8 Å². The molecule has 1 aromatic rings. The van der Waals surface area contributed by atoms with Crippen LogP contribution in [0.3, 0.4) is 0 Å². The van der Waals surface area contributed by atoms with E-state index in [-0.39, 0.29) is 19.7 Å². The smallest absolute Gasteiger partial charge is 0.422 e. The monoisotopic (exact) mass is 297 g/mol. The van der Waals surface area contributed by atoms with Crippen LogP contribution in [-0.4, -0.2) is 44.0 Å². The van der Waals surface area contributed by atoms with E-state index in [1.165, 1.54) is 23.3 Å². The quantitative estimate of drug-likeness (QED) is 0.810. The lowest BCUT2D eigenvalue weighted by atomic mass is 10.4. The summed E-state index contributed by atoms with van der Waals surface area (Å²) in [5.41, 5.74) is 0. The Balaban J connectivity index is 2.54. The van der Waals surface area contributed by atoms with Gasteiger partial charge in [-0.2, -0.15) is 13.2 Å². The van der Waals surface area contributed by atoms with Gasteiger partial charge in [0.25, 0.3) is 0 Å². The summed E-state index contributed by atoms with van der Waals surface area (Å²) < 4.78 is 45.0. The van der Waals surface area contributed by atoms with Crippen LogP contribution in [0.15, 0.2) is 17.5 Å². The van der Waals surface area contributed by atoms with Crippen LogP contribution >= 0.6 is 11.3 Å². The number of ether oxygens (including phenoxy) is 2. The second-order valence-corrected chi connectivity index (χ2v) is 4.70. The van der Waals surface area contributed by atoms with E-state index in [1.807, 2.05) is 5.38 Å². The number of carbonyl (C=O) groups excluding carboxylic acids is 1. The van der Waals surface area contributed by atoms with E-state index < -0.39 is 18.9 Å². The molecule has 0 spiro atoms. The van der Waals surface area contributed by atoms with Crippen molar-refractivity contribution in [1.29, 1.82) is 0 Å². The molecule has 0 aliphatic carbocycles. The molecule has 0 saturated carbocycles. The highest BCUT2D eigenvalue weighted by atomic mass is 32.1. The van der Waals surface area contributed by atoms with Crippen molar-refractivity contribution in [3.8, 4) is 0 Å². The SMILES string of the molecule is COCCN(Cc1cccs1)C(=O)OCC(F)(F)F. The summed E-state index contributed by atoms with van der Waals surface area (Å²) in [5, 5.41) is 1.82. The second-order valence-electron chi connectivity index (χ2n) is 3.66. The Hall–Kier alpha value is -1.28. The molecule has 8 heteroatoms. The summed E-state index contributed by atoms with van der Waals surface area (Å²) in [6, 6.07) is 3.59. The largest absolute Gasteiger partial charge is 0.440 e. The molecule has 0 aliphatic heterocycles. The predicted octanol–water partition coefficient (Wildman–Crippen LogP) is 2.90. The fraction of sp³-hybridized carbons (Fsp3) is 0.545. The van der Waals surface area contributed by atoms with Crippen LogP contribution in [0.5, 0.6) is 0 Å². The van der Waals surface area contributed by atoms with Crippen LogP contribution in [-0.2, 0) is 16.0 Å². The number of nitrogens with zero attached hydrogens (tertiary/aromatic N) is 1. The first kappa shape index (κ1) is 15.8. The van der Waals surface area contributed by atoms with Crippen LogP contribution in [0.25, 0.3) is 0 Å². The third kappa shape index (κ3) is 6.44. The van der Waals surface area contributed by atoms with E-state index in [0.717, 1.165) is 4.88 Å². The lowest BCUT2D eigenvalue weighted by molar-refractivity contribution is -0.162. The summed E-state index contributed by atoms with van der Waals surface area (Å²) in [4.78, 5) is 13.6. The van der Waals surface area contributed by atoms with Gasteiger partial charge in [-0.3, -0.25) is 0 Å². The minimum Gasteiger partial charge on any atom is -0.440 e. The molecule has 0 aliphatic rings. The summed E-state index contributed by atoms with van der Waals surface area (Å²) in [5.74, 6) is 0. The number of amides is 1. The highest BCUT2D eigenvalue weighted by Gasteiger charge is 2.30. The average Bonchev–Trinajstić information content (AvgIpc) is 2.83. The van der Waals surface area contributed by atoms with Gasteiger partial charge >= 0.3 is 12.3 Å². The van der Waals surface area contributed by atoms with E-state index >= 15 is 0 Å². The van der Waals surface area contributed by atoms with Crippen molar-refractivity contribution in [1.82, 2.24) is 4.90 Å². The Morgan fingerprint density at radius 1 is 1.47 bits per heavy atom. The fourth-order valence-corrected chi connectivity index (χ4v) is 1.98. The van der Waals surface area contributed by atoms with Crippen molar-refractivity contribution in [3.05, 3.63) is 22.4 Å². The predicted molar refractivity (Wildman–Crippen MR) is 64.0 cm³/mol. The summed E-state index contributed by atoms with van der Waals surface area (Å²) >= 11 is 1.41. The van der Waals surface area contributed by atoms with Crippen molar-refractivity contribution in [3.63, 3.8) is 0 Å². The van der Waals surface area contributed by atoms with Gasteiger partial charge in [-0.1, -0.05) is 6.07 Å². The van der Waals surface area contributed by atoms with Crippen LogP contribution in [0.1, 0.15) is 4.88 Å². The van der Waals surface area contributed by atoms with Gasteiger partial charge in [0.15, 0.2) is 6.61 Å². The first-order chi connectivity index (χ1) is 8.92. The third-order valence-corrected chi connectivity index (χ3v) is 2.97. The Morgan fingerprint density at radius 2 is 2.21 bits per heavy atom. The normalized spacial score (nSPS) is 11.4. The first-order valence-electron chi connectivity index (χ1n) is 5.42. The molecule has 0 unspecified atom stereocenters. The van der Waals surface area contributed by atoms with Gasteiger partial charge in [-0.25, -0.2) is 4.79 Å². The number of thiophene rings is 1. The maximum Gasteiger partial charge on any atom is 0.422 e. The Labute approximate surface area is 112 Å². The lowest BCUT2D eigenvalue weighted by Crippen LogP contribution is -2.35. The molecule has 0 bridgehead atoms. The standard InChI is InChI=1S/C11H14F3NO3S/c1-17-5-4-15(7-9-3-2-6-19-9)10(16)18-8-11(12,13)14/h2-3,6H,4-5,7-8H2,1H3. The fourth-order valence-electron chi connectivity index (χ4n) is 1.26. The number of hydrogen-bond donors (Lipinski definition) is 0. The van der Waals surface area contributed by atoms with Crippen molar-refractivity contribution in [2.24, 2.45) is 0 Å². The molecule has 108 valence electrons. The molecule has 1 heterocycles. The van der Waals surface area contributed by atoms with Crippen LogP contribution in [0.4, 0.5) is 18.0 Å². The Kier molecular flexibility index (Phi) is 6.10. The Bertz CT molecular complexity index is 381. The van der Waals surface area contributed by atoms with Crippen LogP contribution in [0, 0.1) is 0 Å². The molecular formula is C11H14F3NO3S. The number of alkyl halides is 3. The van der Waals surface area contributed by atoms with Gasteiger partial charge in [0.1, 0.15) is 0 Å². The van der Waals surface area contributed by atoms with Gasteiger partial charge in [0.05, 0.1) is 13.2 Å². The van der Waals surface area contributed by atoms with E-state index in [4.69, 9.17) is 4.74 Å². The molecule has 1 rings (SSSR count). The van der Waals surface area contributed by atoms with E-state index in [2.05, 4.69) is 4.74 Å². The van der Waals surface area contributed by atoms with Gasteiger partial charge in [0.2, 0.25) is 0 Å². The molecule has 0 saturated heterocycles.